The number of benzene rings is 1. The van der Waals surface area contributed by atoms with Gasteiger partial charge in [-0.25, -0.2) is 0 Å². The summed E-state index contributed by atoms with van der Waals surface area (Å²) in [6, 6.07) is 8.33. The first-order chi connectivity index (χ1) is 13.5. The molecule has 1 saturated heterocycles. The largest absolute Gasteiger partial charge is 0.494 e. The smallest absolute Gasteiger partial charge is 0.193 e. The lowest BCUT2D eigenvalue weighted by atomic mass is 10.1. The molecule has 1 aliphatic heterocycles. The predicted molar refractivity (Wildman–Crippen MR) is 118 cm³/mol. The van der Waals surface area contributed by atoms with E-state index in [0.29, 0.717) is 12.5 Å². The van der Waals surface area contributed by atoms with Gasteiger partial charge in [0, 0.05) is 59.4 Å². The molecule has 1 atom stereocenters. The van der Waals surface area contributed by atoms with Crippen molar-refractivity contribution in [3.63, 3.8) is 0 Å². The van der Waals surface area contributed by atoms with Crippen LogP contribution in [-0.4, -0.2) is 87.2 Å². The average molecular weight is 390 g/mol. The van der Waals surface area contributed by atoms with Crippen molar-refractivity contribution >= 4 is 5.96 Å². The summed E-state index contributed by atoms with van der Waals surface area (Å²) in [7, 11) is 4.30. The zero-order valence-electron chi connectivity index (χ0n) is 18.4. The molecule has 1 aromatic carbocycles. The van der Waals surface area contributed by atoms with Crippen molar-refractivity contribution in [2.24, 2.45) is 10.9 Å². The summed E-state index contributed by atoms with van der Waals surface area (Å²) in [5, 5.41) is 3.43. The number of hydrogen-bond acceptors (Lipinski definition) is 4. The Morgan fingerprint density at radius 3 is 2.46 bits per heavy atom. The molecule has 0 aliphatic carbocycles. The van der Waals surface area contributed by atoms with Gasteiger partial charge >= 0.3 is 0 Å². The number of aliphatic imine (C=N–C) groups is 1. The summed E-state index contributed by atoms with van der Waals surface area (Å²) in [6.07, 6.45) is 0. The lowest BCUT2D eigenvalue weighted by Gasteiger charge is -2.33. The molecule has 1 aromatic rings. The number of rotatable bonds is 9. The molecule has 1 aliphatic rings. The van der Waals surface area contributed by atoms with E-state index in [1.54, 1.807) is 0 Å². The number of nitrogens with one attached hydrogen (secondary N) is 1. The van der Waals surface area contributed by atoms with E-state index in [1.165, 1.54) is 31.7 Å². The van der Waals surface area contributed by atoms with Crippen LogP contribution in [0.4, 0.5) is 0 Å². The van der Waals surface area contributed by atoms with Crippen molar-refractivity contribution in [2.45, 2.75) is 27.3 Å². The van der Waals surface area contributed by atoms with Crippen molar-refractivity contribution in [3.05, 3.63) is 29.8 Å². The minimum atomic E-state index is 0.552. The number of piperazine rings is 1. The summed E-state index contributed by atoms with van der Waals surface area (Å²) >= 11 is 0. The molecule has 28 heavy (non-hydrogen) atoms. The fourth-order valence-corrected chi connectivity index (χ4v) is 3.45. The summed E-state index contributed by atoms with van der Waals surface area (Å²) in [5.41, 5.74) is 1.25. The van der Waals surface area contributed by atoms with Gasteiger partial charge in [0.05, 0.1) is 6.61 Å². The fourth-order valence-electron chi connectivity index (χ4n) is 3.45. The SMILES string of the molecule is CCNC(=NCC(C)CN1CCN(C)CC1)N(C)Cc1ccc(OCC)cc1. The average Bonchev–Trinajstić information content (AvgIpc) is 2.68. The second kappa shape index (κ2) is 11.9. The van der Waals surface area contributed by atoms with Crippen LogP contribution in [0.25, 0.3) is 0 Å². The highest BCUT2D eigenvalue weighted by Crippen LogP contribution is 2.13. The van der Waals surface area contributed by atoms with E-state index in [9.17, 15) is 0 Å². The number of nitrogens with zero attached hydrogens (tertiary/aromatic N) is 4. The lowest BCUT2D eigenvalue weighted by Crippen LogP contribution is -2.46. The first-order valence-corrected chi connectivity index (χ1v) is 10.6. The van der Waals surface area contributed by atoms with Gasteiger partial charge in [-0.15, -0.1) is 0 Å². The van der Waals surface area contributed by atoms with Crippen LogP contribution in [0.2, 0.25) is 0 Å². The van der Waals surface area contributed by atoms with E-state index in [1.807, 2.05) is 19.1 Å². The Labute approximate surface area is 171 Å². The number of hydrogen-bond donors (Lipinski definition) is 1. The van der Waals surface area contributed by atoms with E-state index in [0.717, 1.165) is 37.9 Å². The lowest BCUT2D eigenvalue weighted by molar-refractivity contribution is 0.140. The summed E-state index contributed by atoms with van der Waals surface area (Å²) in [6.45, 7) is 15.5. The minimum absolute atomic E-state index is 0.552. The van der Waals surface area contributed by atoms with Crippen molar-refractivity contribution in [3.8, 4) is 5.75 Å². The third-order valence-corrected chi connectivity index (χ3v) is 5.07. The molecule has 6 heteroatoms. The first kappa shape index (κ1) is 22.5. The first-order valence-electron chi connectivity index (χ1n) is 10.6. The molecule has 158 valence electrons. The van der Waals surface area contributed by atoms with Crippen molar-refractivity contribution in [2.75, 3.05) is 66.5 Å². The summed E-state index contributed by atoms with van der Waals surface area (Å²) < 4.78 is 5.53. The molecule has 0 spiro atoms. The molecule has 0 radical (unpaired) electrons. The Kier molecular flexibility index (Phi) is 9.58. The summed E-state index contributed by atoms with van der Waals surface area (Å²) in [4.78, 5) is 12.1. The quantitative estimate of drug-likeness (QED) is 0.519. The van der Waals surface area contributed by atoms with Gasteiger partial charge in [0.2, 0.25) is 0 Å². The van der Waals surface area contributed by atoms with E-state index in [2.05, 4.69) is 60.1 Å². The van der Waals surface area contributed by atoms with E-state index >= 15 is 0 Å². The molecule has 0 bridgehead atoms. The number of guanidine groups is 1. The van der Waals surface area contributed by atoms with E-state index in [4.69, 9.17) is 9.73 Å². The van der Waals surface area contributed by atoms with Gasteiger partial charge in [0.15, 0.2) is 5.96 Å². The Hall–Kier alpha value is -1.79. The third kappa shape index (κ3) is 7.68. The maximum atomic E-state index is 5.53. The van der Waals surface area contributed by atoms with E-state index < -0.39 is 0 Å². The molecule has 0 aromatic heterocycles. The normalized spacial score (nSPS) is 17.4. The van der Waals surface area contributed by atoms with Crippen LogP contribution in [-0.2, 0) is 6.54 Å². The van der Waals surface area contributed by atoms with Crippen LogP contribution >= 0.6 is 0 Å². The van der Waals surface area contributed by atoms with Crippen molar-refractivity contribution < 1.29 is 4.74 Å². The van der Waals surface area contributed by atoms with Crippen LogP contribution < -0.4 is 10.1 Å². The molecule has 0 saturated carbocycles. The van der Waals surface area contributed by atoms with Gasteiger partial charge in [0.1, 0.15) is 5.75 Å². The second-order valence-electron chi connectivity index (χ2n) is 7.84. The van der Waals surface area contributed by atoms with Gasteiger partial charge in [-0.3, -0.25) is 4.99 Å². The Morgan fingerprint density at radius 1 is 1.18 bits per heavy atom. The highest BCUT2D eigenvalue weighted by Gasteiger charge is 2.16. The monoisotopic (exact) mass is 389 g/mol. The van der Waals surface area contributed by atoms with E-state index in [-0.39, 0.29) is 0 Å². The Bertz CT molecular complexity index is 581. The van der Waals surface area contributed by atoms with Crippen LogP contribution in [0.3, 0.4) is 0 Å². The highest BCUT2D eigenvalue weighted by atomic mass is 16.5. The highest BCUT2D eigenvalue weighted by molar-refractivity contribution is 5.79. The summed E-state index contributed by atoms with van der Waals surface area (Å²) in [5.74, 6) is 2.45. The van der Waals surface area contributed by atoms with Gasteiger partial charge in [0.25, 0.3) is 0 Å². The van der Waals surface area contributed by atoms with Gasteiger partial charge in [-0.2, -0.15) is 0 Å². The van der Waals surface area contributed by atoms with Gasteiger partial charge < -0.3 is 24.8 Å². The molecule has 0 amide bonds. The van der Waals surface area contributed by atoms with Crippen LogP contribution in [0.1, 0.15) is 26.3 Å². The zero-order valence-corrected chi connectivity index (χ0v) is 18.4. The molecule has 1 heterocycles. The van der Waals surface area contributed by atoms with Crippen LogP contribution in [0.5, 0.6) is 5.75 Å². The van der Waals surface area contributed by atoms with Crippen LogP contribution in [0.15, 0.2) is 29.3 Å². The molecule has 1 fully saturated rings. The topological polar surface area (TPSA) is 43.3 Å². The Balaban J connectivity index is 1.87. The van der Waals surface area contributed by atoms with Crippen molar-refractivity contribution in [1.82, 2.24) is 20.0 Å². The van der Waals surface area contributed by atoms with Gasteiger partial charge in [-0.05, 0) is 44.5 Å². The number of ether oxygens (including phenoxy) is 1. The van der Waals surface area contributed by atoms with Crippen molar-refractivity contribution in [1.29, 1.82) is 0 Å². The maximum absolute atomic E-state index is 5.53. The van der Waals surface area contributed by atoms with Gasteiger partial charge in [-0.1, -0.05) is 19.1 Å². The molecular formula is C22H39N5O. The molecule has 1 unspecified atom stereocenters. The standard InChI is InChI=1S/C22H39N5O/c1-6-23-22(24-16-19(3)17-27-14-12-25(4)13-15-27)26(5)18-20-8-10-21(11-9-20)28-7-2/h8-11,19H,6-7,12-18H2,1-5H3,(H,23,24). The molecule has 1 N–H and O–H groups in total. The van der Waals surface area contributed by atoms with Crippen LogP contribution in [0, 0.1) is 5.92 Å². The number of likely N-dealkylation sites (N-methyl/N-ethyl adjacent to an activating group) is 1. The minimum Gasteiger partial charge on any atom is -0.494 e. The molecule has 6 nitrogen and oxygen atoms in total. The maximum Gasteiger partial charge on any atom is 0.193 e. The third-order valence-electron chi connectivity index (χ3n) is 5.07. The molecular weight excluding hydrogens is 350 g/mol. The fraction of sp³-hybridized carbons (Fsp3) is 0.682. The predicted octanol–water partition coefficient (Wildman–Crippen LogP) is 2.37. The molecule has 2 rings (SSSR count). The Morgan fingerprint density at radius 2 is 1.86 bits per heavy atom. The zero-order chi connectivity index (χ0) is 20.4. The second-order valence-corrected chi connectivity index (χ2v) is 7.84.